The third-order valence-electron chi connectivity index (χ3n) is 5.62. The zero-order chi connectivity index (χ0) is 27.1. The molecule has 37 heavy (non-hydrogen) atoms. The van der Waals surface area contributed by atoms with Crippen LogP contribution in [0.5, 0.6) is 0 Å². The quantitative estimate of drug-likeness (QED) is 0.201. The predicted octanol–water partition coefficient (Wildman–Crippen LogP) is 7.24. The number of anilines is 1. The van der Waals surface area contributed by atoms with Crippen LogP contribution in [0, 0.1) is 17.5 Å². The van der Waals surface area contributed by atoms with E-state index < -0.39 is 41.0 Å². The van der Waals surface area contributed by atoms with Crippen LogP contribution in [0.1, 0.15) is 67.6 Å². The molecule has 6 nitrogen and oxygen atoms in total. The van der Waals surface area contributed by atoms with Gasteiger partial charge >= 0.3 is 5.97 Å². The van der Waals surface area contributed by atoms with E-state index in [4.69, 9.17) is 9.84 Å². The fraction of sp³-hybridized carbons (Fsp3) is 0.296. The van der Waals surface area contributed by atoms with Gasteiger partial charge in [-0.1, -0.05) is 31.9 Å². The SMILES string of the molecule is CCCCCOC(C)c1cccc(-c2csc(NC(=O)c3cc(F)c(C=C(C)C(=O)O)c(F)c3)n2)c1F. The van der Waals surface area contributed by atoms with Gasteiger partial charge in [0.15, 0.2) is 5.13 Å². The number of hydrogen-bond acceptors (Lipinski definition) is 5. The molecule has 0 aliphatic rings. The van der Waals surface area contributed by atoms with Gasteiger partial charge in [-0.2, -0.15) is 0 Å². The number of carbonyl (C=O) groups is 2. The Kier molecular flexibility index (Phi) is 9.60. The van der Waals surface area contributed by atoms with Crippen molar-refractivity contribution in [2.75, 3.05) is 11.9 Å². The van der Waals surface area contributed by atoms with Gasteiger partial charge in [0.25, 0.3) is 5.91 Å². The van der Waals surface area contributed by atoms with E-state index in [1.165, 1.54) is 6.92 Å². The summed E-state index contributed by atoms with van der Waals surface area (Å²) >= 11 is 1.03. The van der Waals surface area contributed by atoms with E-state index in [9.17, 15) is 18.4 Å². The van der Waals surface area contributed by atoms with Crippen LogP contribution in [0.4, 0.5) is 18.3 Å². The third-order valence-corrected chi connectivity index (χ3v) is 6.38. The number of aliphatic carboxylic acids is 1. The maximum Gasteiger partial charge on any atom is 0.331 e. The molecule has 2 N–H and O–H groups in total. The molecule has 1 unspecified atom stereocenters. The summed E-state index contributed by atoms with van der Waals surface area (Å²) in [5, 5.41) is 13.0. The van der Waals surface area contributed by atoms with Crippen molar-refractivity contribution in [3.05, 3.63) is 75.4 Å². The first-order chi connectivity index (χ1) is 17.6. The molecule has 0 fully saturated rings. The van der Waals surface area contributed by atoms with E-state index in [0.717, 1.165) is 48.8 Å². The lowest BCUT2D eigenvalue weighted by atomic mass is 10.0. The predicted molar refractivity (Wildman–Crippen MR) is 137 cm³/mol. The van der Waals surface area contributed by atoms with Crippen LogP contribution >= 0.6 is 11.3 Å². The molecule has 1 atom stereocenters. The average Bonchev–Trinajstić information content (AvgIpc) is 3.31. The summed E-state index contributed by atoms with van der Waals surface area (Å²) in [6, 6.07) is 6.53. The van der Waals surface area contributed by atoms with Crippen LogP contribution in [0.25, 0.3) is 17.3 Å². The van der Waals surface area contributed by atoms with Crippen LogP contribution in [0.3, 0.4) is 0 Å². The van der Waals surface area contributed by atoms with Crippen molar-refractivity contribution in [1.82, 2.24) is 4.98 Å². The van der Waals surface area contributed by atoms with Crippen molar-refractivity contribution in [2.45, 2.75) is 46.1 Å². The highest BCUT2D eigenvalue weighted by atomic mass is 32.1. The highest BCUT2D eigenvalue weighted by molar-refractivity contribution is 7.14. The second-order valence-electron chi connectivity index (χ2n) is 8.41. The Morgan fingerprint density at radius 3 is 2.54 bits per heavy atom. The van der Waals surface area contributed by atoms with Crippen LogP contribution < -0.4 is 5.32 Å². The first-order valence-corrected chi connectivity index (χ1v) is 12.6. The molecule has 3 aromatic rings. The fourth-order valence-electron chi connectivity index (χ4n) is 3.52. The fourth-order valence-corrected chi connectivity index (χ4v) is 4.22. The summed E-state index contributed by atoms with van der Waals surface area (Å²) in [5.74, 6) is -4.80. The normalized spacial score (nSPS) is 12.4. The number of amides is 1. The minimum Gasteiger partial charge on any atom is -0.478 e. The molecular weight excluding hydrogens is 505 g/mol. The molecule has 0 radical (unpaired) electrons. The number of nitrogens with one attached hydrogen (secondary N) is 1. The molecule has 1 amide bonds. The number of halogens is 3. The van der Waals surface area contributed by atoms with Gasteiger partial charge in [0.05, 0.1) is 11.8 Å². The number of unbranched alkanes of at least 4 members (excludes halogenated alkanes) is 2. The lowest BCUT2D eigenvalue weighted by molar-refractivity contribution is -0.132. The van der Waals surface area contributed by atoms with E-state index in [2.05, 4.69) is 17.2 Å². The summed E-state index contributed by atoms with van der Waals surface area (Å²) in [4.78, 5) is 27.8. The summed E-state index contributed by atoms with van der Waals surface area (Å²) in [6.07, 6.45) is 3.39. The number of benzene rings is 2. The molecule has 10 heteroatoms. The second kappa shape index (κ2) is 12.6. The highest BCUT2D eigenvalue weighted by Crippen LogP contribution is 2.32. The number of carboxylic acids is 1. The standard InChI is InChI=1S/C27H27F3N2O4S/c1-4-5-6-10-36-16(3)18-8-7-9-19(24(18)30)23-14-37-27(31-23)32-25(33)17-12-21(28)20(22(29)13-17)11-15(2)26(34)35/h7-9,11-14,16H,4-6,10H2,1-3H3,(H,34,35)(H,31,32,33). The molecule has 0 spiro atoms. The number of rotatable bonds is 11. The molecule has 0 saturated heterocycles. The van der Waals surface area contributed by atoms with Gasteiger partial charge in [0.2, 0.25) is 0 Å². The van der Waals surface area contributed by atoms with Crippen molar-refractivity contribution in [2.24, 2.45) is 0 Å². The van der Waals surface area contributed by atoms with Crippen molar-refractivity contribution in [1.29, 1.82) is 0 Å². The lowest BCUT2D eigenvalue weighted by Crippen LogP contribution is -2.13. The molecule has 0 saturated carbocycles. The Morgan fingerprint density at radius 1 is 1.19 bits per heavy atom. The van der Waals surface area contributed by atoms with Gasteiger partial charge in [0.1, 0.15) is 17.5 Å². The third kappa shape index (κ3) is 7.05. The highest BCUT2D eigenvalue weighted by Gasteiger charge is 2.19. The lowest BCUT2D eigenvalue weighted by Gasteiger charge is -2.15. The van der Waals surface area contributed by atoms with Crippen LogP contribution in [-0.2, 0) is 9.53 Å². The minimum atomic E-state index is -1.32. The van der Waals surface area contributed by atoms with Crippen molar-refractivity contribution in [3.8, 4) is 11.3 Å². The molecule has 3 rings (SSSR count). The zero-order valence-corrected chi connectivity index (χ0v) is 21.4. The number of aromatic nitrogens is 1. The molecule has 196 valence electrons. The van der Waals surface area contributed by atoms with E-state index in [1.807, 2.05) is 0 Å². The summed E-state index contributed by atoms with van der Waals surface area (Å²) in [5.41, 5.74) is -0.226. The van der Waals surface area contributed by atoms with Gasteiger partial charge in [-0.3, -0.25) is 10.1 Å². The number of thiazole rings is 1. The van der Waals surface area contributed by atoms with Crippen LogP contribution in [0.15, 0.2) is 41.3 Å². The Bertz CT molecular complexity index is 1300. The number of hydrogen-bond donors (Lipinski definition) is 2. The number of carbonyl (C=O) groups excluding carboxylic acids is 1. The Morgan fingerprint density at radius 2 is 1.89 bits per heavy atom. The van der Waals surface area contributed by atoms with Crippen LogP contribution in [0.2, 0.25) is 0 Å². The minimum absolute atomic E-state index is 0.111. The number of ether oxygens (including phenoxy) is 1. The first kappa shape index (κ1) is 28.1. The van der Waals surface area contributed by atoms with Crippen molar-refractivity contribution >= 4 is 34.4 Å². The number of nitrogens with zero attached hydrogens (tertiary/aromatic N) is 1. The molecule has 2 aromatic carbocycles. The van der Waals surface area contributed by atoms with Gasteiger partial charge < -0.3 is 9.84 Å². The monoisotopic (exact) mass is 532 g/mol. The summed E-state index contributed by atoms with van der Waals surface area (Å²) < 4.78 is 49.8. The molecule has 0 aliphatic carbocycles. The van der Waals surface area contributed by atoms with Gasteiger partial charge in [-0.15, -0.1) is 11.3 Å². The second-order valence-corrected chi connectivity index (χ2v) is 9.27. The zero-order valence-electron chi connectivity index (χ0n) is 20.6. The topological polar surface area (TPSA) is 88.5 Å². The summed E-state index contributed by atoms with van der Waals surface area (Å²) in [7, 11) is 0. The van der Waals surface area contributed by atoms with Gasteiger partial charge in [-0.25, -0.2) is 22.9 Å². The van der Waals surface area contributed by atoms with E-state index in [0.29, 0.717) is 17.9 Å². The van der Waals surface area contributed by atoms with E-state index in [-0.39, 0.29) is 21.8 Å². The smallest absolute Gasteiger partial charge is 0.331 e. The Labute approximate surface area is 216 Å². The Hall–Kier alpha value is -3.50. The Balaban J connectivity index is 1.76. The van der Waals surface area contributed by atoms with Gasteiger partial charge in [-0.05, 0) is 44.5 Å². The molecular formula is C27H27F3N2O4S. The van der Waals surface area contributed by atoms with Gasteiger partial charge in [0, 0.05) is 39.8 Å². The van der Waals surface area contributed by atoms with Crippen LogP contribution in [-0.4, -0.2) is 28.6 Å². The van der Waals surface area contributed by atoms with E-state index >= 15 is 4.39 Å². The maximum absolute atomic E-state index is 15.3. The molecule has 0 aliphatic heterocycles. The number of carboxylic acid groups (broad SMARTS) is 1. The average molecular weight is 533 g/mol. The van der Waals surface area contributed by atoms with Crippen molar-refractivity contribution in [3.63, 3.8) is 0 Å². The van der Waals surface area contributed by atoms with E-state index in [1.54, 1.807) is 30.5 Å². The largest absolute Gasteiger partial charge is 0.478 e. The van der Waals surface area contributed by atoms with Crippen molar-refractivity contribution < 1.29 is 32.6 Å². The maximum atomic E-state index is 15.3. The molecule has 0 bridgehead atoms. The molecule has 1 heterocycles. The molecule has 1 aromatic heterocycles. The summed E-state index contributed by atoms with van der Waals surface area (Å²) in [6.45, 7) is 5.60. The first-order valence-electron chi connectivity index (χ1n) is 11.7.